The summed E-state index contributed by atoms with van der Waals surface area (Å²) in [6.45, 7) is 3.98. The molecule has 3 fully saturated rings. The molecule has 0 bridgehead atoms. The molecule has 2 saturated heterocycles. The van der Waals surface area contributed by atoms with Gasteiger partial charge in [-0.15, -0.1) is 0 Å². The molecule has 3 aliphatic rings. The molecule has 7 heteroatoms. The van der Waals surface area contributed by atoms with Gasteiger partial charge < -0.3 is 15.1 Å². The Morgan fingerprint density at radius 2 is 1.65 bits per heavy atom. The number of likely N-dealkylation sites (tertiary alicyclic amines) is 2. The Morgan fingerprint density at radius 1 is 0.946 bits per heavy atom. The predicted octanol–water partition coefficient (Wildman–Crippen LogP) is 5.70. The number of rotatable bonds is 8. The third-order valence-corrected chi connectivity index (χ3v) is 8.81. The van der Waals surface area contributed by atoms with Gasteiger partial charge in [0.2, 0.25) is 5.91 Å². The predicted molar refractivity (Wildman–Crippen MR) is 144 cm³/mol. The van der Waals surface area contributed by atoms with Crippen LogP contribution in [0.3, 0.4) is 0 Å². The topological polar surface area (TPSA) is 52.7 Å². The highest BCUT2D eigenvalue weighted by atomic mass is 35.5. The molecule has 3 atom stereocenters. The average molecular weight is 526 g/mol. The van der Waals surface area contributed by atoms with Crippen LogP contribution in [0.15, 0.2) is 48.5 Å². The molecule has 2 aromatic carbocycles. The standard InChI is InChI=1S/C30H37ClFN3O2/c31-25-12-7-13-26(32)29(25)30(37)35-19-23-17-34(18-24(23)20-35)15-14-27(22-10-5-2-6-11-22)33-28(36)16-21-8-3-1-4-9-21/h2,5-7,10-13,21,23-24,27H,1,3-4,8-9,14-20H2,(H,33,36)/t23-,24?,27?/m0/s1. The van der Waals surface area contributed by atoms with Crippen LogP contribution < -0.4 is 5.32 Å². The molecule has 198 valence electrons. The zero-order chi connectivity index (χ0) is 25.8. The van der Waals surface area contributed by atoms with E-state index >= 15 is 0 Å². The van der Waals surface area contributed by atoms with Gasteiger partial charge in [0.25, 0.3) is 5.91 Å². The molecule has 2 heterocycles. The van der Waals surface area contributed by atoms with Crippen molar-refractivity contribution < 1.29 is 14.0 Å². The van der Waals surface area contributed by atoms with Gasteiger partial charge >= 0.3 is 0 Å². The Morgan fingerprint density at radius 3 is 2.32 bits per heavy atom. The van der Waals surface area contributed by atoms with Crippen molar-refractivity contribution in [2.24, 2.45) is 17.8 Å². The first-order valence-corrected chi connectivity index (χ1v) is 14.2. The number of benzene rings is 2. The zero-order valence-electron chi connectivity index (χ0n) is 21.4. The molecular weight excluding hydrogens is 489 g/mol. The number of halogens is 2. The second-order valence-corrected chi connectivity index (χ2v) is 11.5. The quantitative estimate of drug-likeness (QED) is 0.481. The lowest BCUT2D eigenvalue weighted by Crippen LogP contribution is -2.36. The molecule has 0 aromatic heterocycles. The summed E-state index contributed by atoms with van der Waals surface area (Å²) >= 11 is 6.13. The minimum Gasteiger partial charge on any atom is -0.349 e. The number of nitrogens with one attached hydrogen (secondary N) is 1. The number of carbonyl (C=O) groups excluding carboxylic acids is 2. The molecule has 37 heavy (non-hydrogen) atoms. The van der Waals surface area contributed by atoms with Crippen LogP contribution in [0.4, 0.5) is 4.39 Å². The first-order valence-electron chi connectivity index (χ1n) is 13.8. The lowest BCUT2D eigenvalue weighted by Gasteiger charge is -2.26. The van der Waals surface area contributed by atoms with Crippen molar-refractivity contribution in [3.05, 3.63) is 70.5 Å². The van der Waals surface area contributed by atoms with Gasteiger partial charge in [-0.25, -0.2) is 4.39 Å². The summed E-state index contributed by atoms with van der Waals surface area (Å²) in [6, 6.07) is 14.6. The van der Waals surface area contributed by atoms with Gasteiger partial charge in [0.1, 0.15) is 5.82 Å². The zero-order valence-corrected chi connectivity index (χ0v) is 22.1. The van der Waals surface area contributed by atoms with Gasteiger partial charge in [0, 0.05) is 39.1 Å². The van der Waals surface area contributed by atoms with Gasteiger partial charge in [-0.1, -0.05) is 67.3 Å². The van der Waals surface area contributed by atoms with Crippen molar-refractivity contribution in [1.29, 1.82) is 0 Å². The van der Waals surface area contributed by atoms with Gasteiger partial charge in [-0.2, -0.15) is 0 Å². The molecule has 1 N–H and O–H groups in total. The molecule has 2 amide bonds. The minimum absolute atomic E-state index is 0.000921. The van der Waals surface area contributed by atoms with Crippen molar-refractivity contribution in [1.82, 2.24) is 15.1 Å². The van der Waals surface area contributed by atoms with E-state index < -0.39 is 5.82 Å². The first-order chi connectivity index (χ1) is 18.0. The van der Waals surface area contributed by atoms with Crippen molar-refractivity contribution in [3.8, 4) is 0 Å². The number of fused-ring (bicyclic) bond motifs is 1. The van der Waals surface area contributed by atoms with E-state index in [1.807, 2.05) is 18.2 Å². The summed E-state index contributed by atoms with van der Waals surface area (Å²) < 4.78 is 14.3. The van der Waals surface area contributed by atoms with E-state index in [2.05, 4.69) is 22.3 Å². The molecule has 5 rings (SSSR count). The van der Waals surface area contributed by atoms with E-state index in [0.29, 0.717) is 37.3 Å². The summed E-state index contributed by atoms with van der Waals surface area (Å²) in [4.78, 5) is 30.1. The van der Waals surface area contributed by atoms with Crippen LogP contribution in [0, 0.1) is 23.6 Å². The van der Waals surface area contributed by atoms with Gasteiger partial charge in [-0.3, -0.25) is 9.59 Å². The Bertz CT molecular complexity index is 1060. The third-order valence-electron chi connectivity index (χ3n) is 8.50. The van der Waals surface area contributed by atoms with Crippen LogP contribution in [-0.2, 0) is 4.79 Å². The number of amides is 2. The molecule has 2 aliphatic heterocycles. The summed E-state index contributed by atoms with van der Waals surface area (Å²) in [5.41, 5.74) is 1.13. The maximum atomic E-state index is 14.3. The van der Waals surface area contributed by atoms with Gasteiger partial charge in [0.05, 0.1) is 16.6 Å². The smallest absolute Gasteiger partial charge is 0.258 e. The van der Waals surface area contributed by atoms with E-state index in [1.165, 1.54) is 44.2 Å². The van der Waals surface area contributed by atoms with Crippen LogP contribution in [0.1, 0.15) is 66.9 Å². The van der Waals surface area contributed by atoms with Crippen LogP contribution in [0.25, 0.3) is 0 Å². The van der Waals surface area contributed by atoms with Crippen LogP contribution in [0.2, 0.25) is 5.02 Å². The lowest BCUT2D eigenvalue weighted by molar-refractivity contribution is -0.123. The van der Waals surface area contributed by atoms with Gasteiger partial charge in [0.15, 0.2) is 0 Å². The van der Waals surface area contributed by atoms with Crippen LogP contribution in [-0.4, -0.2) is 54.3 Å². The van der Waals surface area contributed by atoms with Crippen LogP contribution >= 0.6 is 11.6 Å². The molecule has 1 aliphatic carbocycles. The maximum absolute atomic E-state index is 14.3. The highest BCUT2D eigenvalue weighted by Crippen LogP contribution is 2.34. The third kappa shape index (κ3) is 6.35. The molecule has 0 radical (unpaired) electrons. The highest BCUT2D eigenvalue weighted by Gasteiger charge is 2.42. The van der Waals surface area contributed by atoms with Crippen molar-refractivity contribution in [3.63, 3.8) is 0 Å². The highest BCUT2D eigenvalue weighted by molar-refractivity contribution is 6.33. The molecule has 2 unspecified atom stereocenters. The van der Waals surface area contributed by atoms with E-state index in [1.54, 1.807) is 11.0 Å². The van der Waals surface area contributed by atoms with Gasteiger partial charge in [-0.05, 0) is 54.7 Å². The Kier molecular flexibility index (Phi) is 8.46. The number of hydrogen-bond donors (Lipinski definition) is 1. The fraction of sp³-hybridized carbons (Fsp3) is 0.533. The van der Waals surface area contributed by atoms with Crippen LogP contribution in [0.5, 0.6) is 0 Å². The second kappa shape index (κ2) is 12.0. The van der Waals surface area contributed by atoms with Crippen molar-refractivity contribution >= 4 is 23.4 Å². The van der Waals surface area contributed by atoms with Crippen molar-refractivity contribution in [2.45, 2.75) is 51.0 Å². The van der Waals surface area contributed by atoms with E-state index in [-0.39, 0.29) is 28.4 Å². The monoisotopic (exact) mass is 525 g/mol. The fourth-order valence-corrected chi connectivity index (χ4v) is 6.77. The van der Waals surface area contributed by atoms with E-state index in [0.717, 1.165) is 31.6 Å². The minimum atomic E-state index is -0.561. The Labute approximate surface area is 224 Å². The molecular formula is C30H37ClFN3O2. The number of nitrogens with zero attached hydrogens (tertiary/aromatic N) is 2. The average Bonchev–Trinajstić information content (AvgIpc) is 3.47. The lowest BCUT2D eigenvalue weighted by atomic mass is 9.86. The number of hydrogen-bond acceptors (Lipinski definition) is 3. The normalized spacial score (nSPS) is 23.1. The Hall–Kier alpha value is -2.44. The summed E-state index contributed by atoms with van der Waals surface area (Å²) in [5, 5.41) is 3.51. The van der Waals surface area contributed by atoms with E-state index in [4.69, 9.17) is 11.6 Å². The summed E-state index contributed by atoms with van der Waals surface area (Å²) in [7, 11) is 0. The molecule has 2 aromatic rings. The number of carbonyl (C=O) groups is 2. The maximum Gasteiger partial charge on any atom is 0.258 e. The SMILES string of the molecule is O=C(CC1CCCCC1)NC(CCN1CC2CN(C(=O)c3c(F)cccc3Cl)C[C@@H]2C1)c1ccccc1. The summed E-state index contributed by atoms with van der Waals surface area (Å²) in [6.07, 6.45) is 7.61. The Balaban J connectivity index is 1.15. The second-order valence-electron chi connectivity index (χ2n) is 11.1. The molecule has 1 saturated carbocycles. The molecule has 5 nitrogen and oxygen atoms in total. The fourth-order valence-electron chi connectivity index (χ4n) is 6.52. The largest absolute Gasteiger partial charge is 0.349 e. The first kappa shape index (κ1) is 26.2. The summed E-state index contributed by atoms with van der Waals surface area (Å²) in [5.74, 6) is 0.576. The van der Waals surface area contributed by atoms with E-state index in [9.17, 15) is 14.0 Å². The molecule has 0 spiro atoms. The van der Waals surface area contributed by atoms with Crippen molar-refractivity contribution in [2.75, 3.05) is 32.7 Å².